The summed E-state index contributed by atoms with van der Waals surface area (Å²) in [6, 6.07) is -0.962. The molecule has 1 fully saturated rings. The number of esters is 1. The summed E-state index contributed by atoms with van der Waals surface area (Å²) >= 11 is 2.41. The van der Waals surface area contributed by atoms with E-state index in [9.17, 15) is 24.3 Å². The highest BCUT2D eigenvalue weighted by molar-refractivity contribution is 8.00. The smallest absolute Gasteiger partial charge is 0.352 e. The molecule has 4 N–H and O–H groups in total. The minimum absolute atomic E-state index is 0.0291. The number of carboxylic acid groups (broad SMARTS) is 1. The molecule has 3 heterocycles. The number of fused-ring (bicyclic) bond motifs is 1. The second kappa shape index (κ2) is 11.1. The number of thioether (sulfide) groups is 1. The molecule has 0 saturated carbocycles. The summed E-state index contributed by atoms with van der Waals surface area (Å²) < 4.78 is 5.23. The van der Waals surface area contributed by atoms with Crippen molar-refractivity contribution in [1.29, 1.82) is 0 Å². The number of carboxylic acids is 1. The van der Waals surface area contributed by atoms with E-state index in [1.54, 1.807) is 20.8 Å². The van der Waals surface area contributed by atoms with Gasteiger partial charge >= 0.3 is 11.9 Å². The second-order valence-corrected chi connectivity index (χ2v) is 10.8. The number of hydrogen-bond acceptors (Lipinski definition) is 11. The van der Waals surface area contributed by atoms with Crippen molar-refractivity contribution in [2.24, 2.45) is 5.16 Å². The zero-order chi connectivity index (χ0) is 26.6. The van der Waals surface area contributed by atoms with E-state index in [2.05, 4.69) is 22.0 Å². The van der Waals surface area contributed by atoms with Crippen molar-refractivity contribution in [1.82, 2.24) is 15.2 Å². The molecule has 0 aromatic carbocycles. The summed E-state index contributed by atoms with van der Waals surface area (Å²) in [5.41, 5.74) is 5.34. The van der Waals surface area contributed by atoms with Gasteiger partial charge in [0, 0.05) is 17.6 Å². The fraction of sp³-hybridized carbons (Fsp3) is 0.455. The molecule has 0 spiro atoms. The Hall–Kier alpha value is -3.39. The molecule has 1 aromatic heterocycles. The maximum Gasteiger partial charge on any atom is 0.352 e. The number of oxime groups is 1. The number of nitrogens with one attached hydrogen (secondary N) is 1. The SMILES string of the molecule is C=CC1=C(C(=O)O)N2C(=O)C(NC(=O)C(=NOCCCC(=O)OC(C)(C)C)c3csc(N)n3)[C@@H]2SC1. The Morgan fingerprint density at radius 1 is 1.42 bits per heavy atom. The number of allylic oxidation sites excluding steroid dienone is 1. The lowest BCUT2D eigenvalue weighted by molar-refractivity contribution is -0.155. The van der Waals surface area contributed by atoms with Gasteiger partial charge in [-0.25, -0.2) is 9.78 Å². The molecule has 1 saturated heterocycles. The van der Waals surface area contributed by atoms with Gasteiger partial charge in [-0.3, -0.25) is 19.3 Å². The third-order valence-corrected chi connectivity index (χ3v) is 6.88. The molecule has 2 aliphatic heterocycles. The zero-order valence-electron chi connectivity index (χ0n) is 20.0. The molecule has 14 heteroatoms. The number of nitrogens with zero attached hydrogens (tertiary/aromatic N) is 3. The molecule has 2 aliphatic rings. The molecule has 1 unspecified atom stereocenters. The van der Waals surface area contributed by atoms with Crippen LogP contribution in [0.15, 0.2) is 34.5 Å². The summed E-state index contributed by atoms with van der Waals surface area (Å²) in [4.78, 5) is 59.8. The number of ether oxygens (including phenoxy) is 1. The number of aliphatic carboxylic acids is 1. The van der Waals surface area contributed by atoms with Crippen molar-refractivity contribution in [3.63, 3.8) is 0 Å². The molecule has 0 radical (unpaired) electrons. The highest BCUT2D eigenvalue weighted by Crippen LogP contribution is 2.40. The van der Waals surface area contributed by atoms with Crippen LogP contribution in [0.3, 0.4) is 0 Å². The van der Waals surface area contributed by atoms with Crippen molar-refractivity contribution >= 4 is 57.7 Å². The van der Waals surface area contributed by atoms with E-state index >= 15 is 0 Å². The third-order valence-electron chi connectivity index (χ3n) is 4.91. The highest BCUT2D eigenvalue weighted by atomic mass is 32.2. The molecule has 36 heavy (non-hydrogen) atoms. The Morgan fingerprint density at radius 3 is 2.72 bits per heavy atom. The average Bonchev–Trinajstić information content (AvgIpc) is 3.22. The second-order valence-electron chi connectivity index (χ2n) is 8.78. The van der Waals surface area contributed by atoms with Gasteiger partial charge in [0.1, 0.15) is 35.0 Å². The first-order valence-electron chi connectivity index (χ1n) is 10.9. The molecule has 1 aromatic rings. The Balaban J connectivity index is 1.66. The highest BCUT2D eigenvalue weighted by Gasteiger charge is 2.54. The number of hydrogen-bond donors (Lipinski definition) is 3. The van der Waals surface area contributed by atoms with Gasteiger partial charge in [0.2, 0.25) is 0 Å². The molecular weight excluding hydrogens is 510 g/mol. The van der Waals surface area contributed by atoms with Crippen molar-refractivity contribution in [3.8, 4) is 0 Å². The predicted octanol–water partition coefficient (Wildman–Crippen LogP) is 1.49. The van der Waals surface area contributed by atoms with Crippen molar-refractivity contribution in [3.05, 3.63) is 35.0 Å². The van der Waals surface area contributed by atoms with E-state index in [1.165, 1.54) is 23.2 Å². The van der Waals surface area contributed by atoms with Gasteiger partial charge in [0.05, 0.1) is 0 Å². The summed E-state index contributed by atoms with van der Waals surface area (Å²) in [5, 5.41) is 17.1. The van der Waals surface area contributed by atoms with Crippen LogP contribution in [-0.2, 0) is 28.8 Å². The minimum atomic E-state index is -1.24. The molecule has 12 nitrogen and oxygen atoms in total. The Labute approximate surface area is 215 Å². The number of β-lactam (4-membered cyclic amide) rings is 1. The van der Waals surface area contributed by atoms with Gasteiger partial charge in [-0.1, -0.05) is 17.8 Å². The molecule has 0 aliphatic carbocycles. The number of nitrogen functional groups attached to an aromatic ring is 1. The van der Waals surface area contributed by atoms with Crippen molar-refractivity contribution in [2.45, 2.75) is 50.6 Å². The first-order valence-corrected chi connectivity index (χ1v) is 12.8. The van der Waals surface area contributed by atoms with Gasteiger partial charge in [-0.15, -0.1) is 23.1 Å². The Morgan fingerprint density at radius 2 is 2.14 bits per heavy atom. The van der Waals surface area contributed by atoms with E-state index in [4.69, 9.17) is 15.3 Å². The summed E-state index contributed by atoms with van der Waals surface area (Å²) in [6.45, 7) is 8.94. The zero-order valence-corrected chi connectivity index (χ0v) is 21.6. The average molecular weight is 538 g/mol. The molecule has 3 rings (SSSR count). The topological polar surface area (TPSA) is 174 Å². The van der Waals surface area contributed by atoms with Gasteiger partial charge < -0.3 is 25.7 Å². The monoisotopic (exact) mass is 537 g/mol. The van der Waals surface area contributed by atoms with Crippen LogP contribution in [0, 0.1) is 0 Å². The number of aromatic nitrogens is 1. The third kappa shape index (κ3) is 6.23. The first kappa shape index (κ1) is 27.2. The number of anilines is 1. The normalized spacial score (nSPS) is 19.8. The van der Waals surface area contributed by atoms with E-state index in [0.717, 1.165) is 16.2 Å². The van der Waals surface area contributed by atoms with E-state index < -0.39 is 34.8 Å². The first-order chi connectivity index (χ1) is 16.9. The summed E-state index contributed by atoms with van der Waals surface area (Å²) in [5.74, 6) is -2.59. The predicted molar refractivity (Wildman–Crippen MR) is 134 cm³/mol. The summed E-state index contributed by atoms with van der Waals surface area (Å²) in [6.07, 6.45) is 1.82. The molecule has 0 bridgehead atoms. The van der Waals surface area contributed by atoms with E-state index in [1.807, 2.05) is 0 Å². The van der Waals surface area contributed by atoms with E-state index in [-0.39, 0.29) is 41.2 Å². The summed E-state index contributed by atoms with van der Waals surface area (Å²) in [7, 11) is 0. The Bertz CT molecular complexity index is 1140. The van der Waals surface area contributed by atoms with Crippen molar-refractivity contribution in [2.75, 3.05) is 18.1 Å². The van der Waals surface area contributed by atoms with Crippen LogP contribution >= 0.6 is 23.1 Å². The lowest BCUT2D eigenvalue weighted by Gasteiger charge is -2.49. The van der Waals surface area contributed by atoms with Gasteiger partial charge in [-0.05, 0) is 32.8 Å². The van der Waals surface area contributed by atoms with Gasteiger partial charge in [-0.2, -0.15) is 0 Å². The maximum atomic E-state index is 13.0. The molecular formula is C22H27N5O7S2. The lowest BCUT2D eigenvalue weighted by atomic mass is 10.0. The number of carbonyl (C=O) groups is 4. The number of carbonyl (C=O) groups excluding carboxylic acids is 3. The van der Waals surface area contributed by atoms with Crippen molar-refractivity contribution < 1.29 is 33.9 Å². The fourth-order valence-electron chi connectivity index (χ4n) is 3.39. The van der Waals surface area contributed by atoms with Crippen LogP contribution in [0.2, 0.25) is 0 Å². The van der Waals surface area contributed by atoms with Crippen LogP contribution < -0.4 is 11.1 Å². The quantitative estimate of drug-likeness (QED) is 0.130. The molecule has 2 amide bonds. The lowest BCUT2D eigenvalue weighted by Crippen LogP contribution is -2.71. The molecule has 2 atom stereocenters. The number of nitrogens with two attached hydrogens (primary N) is 1. The van der Waals surface area contributed by atoms with Crippen LogP contribution in [0.1, 0.15) is 39.3 Å². The maximum absolute atomic E-state index is 13.0. The van der Waals surface area contributed by atoms with Gasteiger partial charge in [0.15, 0.2) is 10.8 Å². The van der Waals surface area contributed by atoms with Gasteiger partial charge in [0.25, 0.3) is 11.8 Å². The Kier molecular flexibility index (Phi) is 8.40. The molecule has 194 valence electrons. The number of rotatable bonds is 10. The van der Waals surface area contributed by atoms with Crippen LogP contribution in [0.4, 0.5) is 5.13 Å². The van der Waals surface area contributed by atoms with Crippen LogP contribution in [-0.4, -0.2) is 73.8 Å². The number of amides is 2. The largest absolute Gasteiger partial charge is 0.477 e. The van der Waals surface area contributed by atoms with E-state index in [0.29, 0.717) is 17.7 Å². The van der Waals surface area contributed by atoms with Crippen LogP contribution in [0.25, 0.3) is 0 Å². The van der Waals surface area contributed by atoms with Crippen LogP contribution in [0.5, 0.6) is 0 Å². The fourth-order valence-corrected chi connectivity index (χ4v) is 5.28. The number of thiazole rings is 1. The standard InChI is InChI=1S/C22H27N5O7S2/c1-5-11-9-35-19-15(18(30)27(19)16(11)20(31)32)25-17(29)14(12-10-36-21(23)24-12)26-33-8-6-7-13(28)34-22(2,3)4/h5,10,15,19H,1,6-9H2,2-4H3,(H2,23,24)(H,25,29)(H,31,32)/t15?,19-/m0/s1. The minimum Gasteiger partial charge on any atom is -0.477 e.